The minimum absolute atomic E-state index is 0.221. The van der Waals surface area contributed by atoms with Crippen LogP contribution < -0.4 is 0 Å². The quantitative estimate of drug-likeness (QED) is 0.724. The molecule has 0 amide bonds. The lowest BCUT2D eigenvalue weighted by Gasteiger charge is -2.03. The first kappa shape index (κ1) is 11.8. The summed E-state index contributed by atoms with van der Waals surface area (Å²) in [4.78, 5) is 22.5. The lowest BCUT2D eigenvalue weighted by atomic mass is 10.2. The summed E-state index contributed by atoms with van der Waals surface area (Å²) in [6.45, 7) is 3.44. The topological polar surface area (TPSA) is 43.4 Å². The zero-order chi connectivity index (χ0) is 11.3. The molecule has 15 heavy (non-hydrogen) atoms. The molecule has 0 fully saturated rings. The summed E-state index contributed by atoms with van der Waals surface area (Å²) in [7, 11) is 0. The van der Waals surface area contributed by atoms with Gasteiger partial charge in [-0.1, -0.05) is 44.2 Å². The highest BCUT2D eigenvalue weighted by Gasteiger charge is 2.13. The second-order valence-electron chi connectivity index (χ2n) is 3.29. The second kappa shape index (κ2) is 5.56. The Morgan fingerprint density at radius 2 is 1.80 bits per heavy atom. The van der Waals surface area contributed by atoms with E-state index >= 15 is 0 Å². The highest BCUT2D eigenvalue weighted by atomic mass is 32.2. The maximum atomic E-state index is 11.5. The van der Waals surface area contributed by atoms with Gasteiger partial charge < -0.3 is 4.18 Å². The van der Waals surface area contributed by atoms with Gasteiger partial charge in [0.05, 0.1) is 5.92 Å². The predicted molar refractivity (Wildman–Crippen MR) is 59.3 cm³/mol. The van der Waals surface area contributed by atoms with Crippen molar-refractivity contribution in [1.29, 1.82) is 0 Å². The van der Waals surface area contributed by atoms with E-state index in [0.29, 0.717) is 17.6 Å². The smallest absolute Gasteiger partial charge is 0.320 e. The molecule has 0 aliphatic carbocycles. The summed E-state index contributed by atoms with van der Waals surface area (Å²) in [6.07, 6.45) is 0. The number of carbonyl (C=O) groups excluding carboxylic acids is 2. The summed E-state index contributed by atoms with van der Waals surface area (Å²) in [5.41, 5.74) is 0.527. The van der Waals surface area contributed by atoms with E-state index in [1.54, 1.807) is 38.1 Å². The van der Waals surface area contributed by atoms with E-state index in [0.717, 1.165) is 0 Å². The van der Waals surface area contributed by atoms with Crippen molar-refractivity contribution in [2.45, 2.75) is 13.8 Å². The molecule has 0 N–H and O–H groups in total. The van der Waals surface area contributed by atoms with Crippen molar-refractivity contribution in [2.24, 2.45) is 5.92 Å². The van der Waals surface area contributed by atoms with Gasteiger partial charge >= 0.3 is 5.97 Å². The molecule has 3 nitrogen and oxygen atoms in total. The molecule has 1 aromatic carbocycles. The normalized spacial score (nSPS) is 10.1. The third-order valence-corrected chi connectivity index (χ3v) is 2.32. The molecule has 0 unspecified atom stereocenters. The van der Waals surface area contributed by atoms with E-state index in [1.807, 2.05) is 6.07 Å². The molecule has 0 aromatic heterocycles. The Morgan fingerprint density at radius 1 is 1.20 bits per heavy atom. The standard InChI is InChI=1S/C11H12O3S/c1-8(2)10(12)14-15-11(13)9-6-4-3-5-7-9/h3-8H,1-2H3. The maximum Gasteiger partial charge on any atom is 0.320 e. The van der Waals surface area contributed by atoms with Crippen LogP contribution in [0.5, 0.6) is 0 Å². The van der Waals surface area contributed by atoms with Crippen molar-refractivity contribution in [2.75, 3.05) is 0 Å². The molecule has 0 aliphatic heterocycles. The number of rotatable bonds is 2. The van der Waals surface area contributed by atoms with Crippen LogP contribution in [-0.2, 0) is 8.98 Å². The van der Waals surface area contributed by atoms with Crippen molar-refractivity contribution >= 4 is 23.1 Å². The monoisotopic (exact) mass is 224 g/mol. The zero-order valence-corrected chi connectivity index (χ0v) is 9.41. The van der Waals surface area contributed by atoms with E-state index in [1.165, 1.54) is 0 Å². The van der Waals surface area contributed by atoms with Gasteiger partial charge in [0.2, 0.25) is 0 Å². The molecule has 0 heterocycles. The van der Waals surface area contributed by atoms with Crippen LogP contribution in [0.3, 0.4) is 0 Å². The molecular weight excluding hydrogens is 212 g/mol. The molecule has 0 saturated heterocycles. The third kappa shape index (κ3) is 3.75. The molecule has 0 spiro atoms. The van der Waals surface area contributed by atoms with Crippen molar-refractivity contribution in [1.82, 2.24) is 0 Å². The Hall–Kier alpha value is -1.29. The van der Waals surface area contributed by atoms with Crippen LogP contribution in [0.25, 0.3) is 0 Å². The molecule has 4 heteroatoms. The summed E-state index contributed by atoms with van der Waals surface area (Å²) in [6, 6.07) is 8.70. The van der Waals surface area contributed by atoms with E-state index in [4.69, 9.17) is 4.18 Å². The Morgan fingerprint density at radius 3 is 2.33 bits per heavy atom. The van der Waals surface area contributed by atoms with Crippen LogP contribution in [0, 0.1) is 5.92 Å². The van der Waals surface area contributed by atoms with E-state index < -0.39 is 0 Å². The first-order valence-electron chi connectivity index (χ1n) is 4.59. The molecule has 80 valence electrons. The molecule has 0 bridgehead atoms. The van der Waals surface area contributed by atoms with Gasteiger partial charge in [-0.05, 0) is 0 Å². The fraction of sp³-hybridized carbons (Fsp3) is 0.273. The van der Waals surface area contributed by atoms with Crippen LogP contribution in [0.1, 0.15) is 24.2 Å². The summed E-state index contributed by atoms with van der Waals surface area (Å²) in [5, 5.41) is -0.260. The Balaban J connectivity index is 2.48. The minimum atomic E-state index is -0.385. The predicted octanol–water partition coefficient (Wildman–Crippen LogP) is 2.67. The lowest BCUT2D eigenvalue weighted by molar-refractivity contribution is -0.136. The molecule has 0 saturated carbocycles. The molecule has 0 aliphatic rings. The largest absolute Gasteiger partial charge is 0.382 e. The molecule has 1 aromatic rings. The average molecular weight is 224 g/mol. The SMILES string of the molecule is CC(C)C(=O)OSC(=O)c1ccccc1. The van der Waals surface area contributed by atoms with E-state index in [-0.39, 0.29) is 17.0 Å². The molecule has 1 rings (SSSR count). The van der Waals surface area contributed by atoms with Crippen molar-refractivity contribution in [3.8, 4) is 0 Å². The van der Waals surface area contributed by atoms with Crippen LogP contribution >= 0.6 is 12.0 Å². The zero-order valence-electron chi connectivity index (χ0n) is 8.60. The number of benzene rings is 1. The van der Waals surface area contributed by atoms with Gasteiger partial charge in [0, 0.05) is 5.56 Å². The van der Waals surface area contributed by atoms with Crippen LogP contribution in [0.4, 0.5) is 0 Å². The second-order valence-corrected chi connectivity index (χ2v) is 4.00. The Bertz CT molecular complexity index is 346. The maximum absolute atomic E-state index is 11.5. The van der Waals surface area contributed by atoms with Gasteiger partial charge in [-0.3, -0.25) is 9.59 Å². The van der Waals surface area contributed by atoms with Crippen LogP contribution in [0.15, 0.2) is 30.3 Å². The first-order chi connectivity index (χ1) is 7.11. The summed E-state index contributed by atoms with van der Waals surface area (Å²) < 4.78 is 4.75. The van der Waals surface area contributed by atoms with Gasteiger partial charge in [0.25, 0.3) is 5.12 Å². The van der Waals surface area contributed by atoms with Gasteiger partial charge in [-0.25, -0.2) is 0 Å². The number of hydrogen-bond donors (Lipinski definition) is 0. The van der Waals surface area contributed by atoms with Gasteiger partial charge in [0.1, 0.15) is 12.0 Å². The minimum Gasteiger partial charge on any atom is -0.382 e. The highest BCUT2D eigenvalue weighted by Crippen LogP contribution is 2.15. The molecular formula is C11H12O3S. The van der Waals surface area contributed by atoms with Crippen molar-refractivity contribution in [3.63, 3.8) is 0 Å². The van der Waals surface area contributed by atoms with Gasteiger partial charge in [0.15, 0.2) is 0 Å². The van der Waals surface area contributed by atoms with Crippen molar-refractivity contribution < 1.29 is 13.8 Å². The Kier molecular flexibility index (Phi) is 4.37. The lowest BCUT2D eigenvalue weighted by Crippen LogP contribution is -2.09. The number of carbonyl (C=O) groups is 2. The summed E-state index contributed by atoms with van der Waals surface area (Å²) in [5.74, 6) is -0.606. The molecule has 0 atom stereocenters. The van der Waals surface area contributed by atoms with E-state index in [9.17, 15) is 9.59 Å². The fourth-order valence-electron chi connectivity index (χ4n) is 0.797. The van der Waals surface area contributed by atoms with Gasteiger partial charge in [-0.15, -0.1) is 0 Å². The van der Waals surface area contributed by atoms with Crippen molar-refractivity contribution in [3.05, 3.63) is 35.9 Å². The number of hydrogen-bond acceptors (Lipinski definition) is 4. The third-order valence-electron chi connectivity index (χ3n) is 1.68. The van der Waals surface area contributed by atoms with Gasteiger partial charge in [-0.2, -0.15) is 0 Å². The first-order valence-corrected chi connectivity index (χ1v) is 5.33. The fourth-order valence-corrected chi connectivity index (χ4v) is 1.38. The highest BCUT2D eigenvalue weighted by molar-refractivity contribution is 8.10. The Labute approximate surface area is 93.0 Å². The van der Waals surface area contributed by atoms with Crippen LogP contribution in [-0.4, -0.2) is 11.1 Å². The molecule has 0 radical (unpaired) electrons. The van der Waals surface area contributed by atoms with E-state index in [2.05, 4.69) is 0 Å². The average Bonchev–Trinajstić information content (AvgIpc) is 2.26. The van der Waals surface area contributed by atoms with Crippen LogP contribution in [0.2, 0.25) is 0 Å². The summed E-state index contributed by atoms with van der Waals surface area (Å²) >= 11 is 0.578.